The highest BCUT2D eigenvalue weighted by Crippen LogP contribution is 1.97. The second-order valence-corrected chi connectivity index (χ2v) is 1.63. The van der Waals surface area contributed by atoms with Crippen LogP contribution in [0.15, 0.2) is 0 Å². The Labute approximate surface area is 57.5 Å². The van der Waals surface area contributed by atoms with Crippen LogP contribution >= 0.6 is 0 Å². The van der Waals surface area contributed by atoms with Gasteiger partial charge in [-0.2, -0.15) is 4.89 Å². The summed E-state index contributed by atoms with van der Waals surface area (Å²) in [4.78, 5) is 28.4. The quantitative estimate of drug-likeness (QED) is 0.341. The van der Waals surface area contributed by atoms with Gasteiger partial charge in [0.25, 0.3) is 0 Å². The van der Waals surface area contributed by atoms with Crippen molar-refractivity contribution in [3.63, 3.8) is 0 Å². The lowest BCUT2D eigenvalue weighted by Crippen LogP contribution is -2.22. The van der Waals surface area contributed by atoms with Crippen LogP contribution in [0, 0.1) is 5.92 Å². The summed E-state index contributed by atoms with van der Waals surface area (Å²) in [5.74, 6) is -3.32. The zero-order valence-electron chi connectivity index (χ0n) is 5.66. The Hall–Kier alpha value is -1.10. The van der Waals surface area contributed by atoms with E-state index in [0.29, 0.717) is 0 Å². The van der Waals surface area contributed by atoms with E-state index in [-0.39, 0.29) is 0 Å². The molecule has 0 aromatic rings. The summed E-state index contributed by atoms with van der Waals surface area (Å²) in [6.45, 7) is 1.21. The van der Waals surface area contributed by atoms with Crippen LogP contribution in [0.2, 0.25) is 0 Å². The van der Waals surface area contributed by atoms with E-state index in [9.17, 15) is 9.59 Å². The highest BCUT2D eigenvalue weighted by atomic mass is 17.2. The fraction of sp³-hybridized carbons (Fsp3) is 0.600. The minimum atomic E-state index is -1.23. The first kappa shape index (κ1) is 8.90. The van der Waals surface area contributed by atoms with Crippen molar-refractivity contribution in [2.45, 2.75) is 6.92 Å². The molecule has 0 aromatic heterocycles. The molecule has 0 saturated heterocycles. The van der Waals surface area contributed by atoms with Crippen LogP contribution < -0.4 is 0 Å². The van der Waals surface area contributed by atoms with Gasteiger partial charge in [0, 0.05) is 0 Å². The Morgan fingerprint density at radius 2 is 2.00 bits per heavy atom. The molecule has 0 aliphatic rings. The molecular formula is C5H8O5. The first-order chi connectivity index (χ1) is 4.59. The molecule has 0 aliphatic heterocycles. The SMILES string of the molecule is COOC(=O)C(C)C(=O)O. The lowest BCUT2D eigenvalue weighted by atomic mass is 10.2. The van der Waals surface area contributed by atoms with Crippen LogP contribution in [0.3, 0.4) is 0 Å². The van der Waals surface area contributed by atoms with Crippen molar-refractivity contribution >= 4 is 11.9 Å². The van der Waals surface area contributed by atoms with Gasteiger partial charge in [0.1, 0.15) is 0 Å². The van der Waals surface area contributed by atoms with Gasteiger partial charge in [-0.15, -0.1) is 0 Å². The van der Waals surface area contributed by atoms with Crippen LogP contribution in [-0.2, 0) is 19.4 Å². The number of carboxylic acids is 1. The molecule has 0 spiro atoms. The van der Waals surface area contributed by atoms with Crippen molar-refractivity contribution in [1.82, 2.24) is 0 Å². The standard InChI is InChI=1S/C5H8O5/c1-3(4(6)7)5(8)10-9-2/h3H,1-2H3,(H,6,7). The van der Waals surface area contributed by atoms with Crippen LogP contribution in [-0.4, -0.2) is 24.2 Å². The van der Waals surface area contributed by atoms with Gasteiger partial charge in [0.15, 0.2) is 5.92 Å². The molecule has 58 valence electrons. The van der Waals surface area contributed by atoms with Crippen LogP contribution in [0.25, 0.3) is 0 Å². The van der Waals surface area contributed by atoms with Crippen molar-refractivity contribution in [2.24, 2.45) is 5.92 Å². The lowest BCUT2D eigenvalue weighted by molar-refractivity contribution is -0.258. The summed E-state index contributed by atoms with van der Waals surface area (Å²) >= 11 is 0. The number of aliphatic carboxylic acids is 1. The summed E-state index contributed by atoms with van der Waals surface area (Å²) in [5, 5.41) is 8.22. The van der Waals surface area contributed by atoms with Crippen molar-refractivity contribution in [3.8, 4) is 0 Å². The van der Waals surface area contributed by atoms with E-state index in [4.69, 9.17) is 5.11 Å². The van der Waals surface area contributed by atoms with Gasteiger partial charge >= 0.3 is 11.9 Å². The Balaban J connectivity index is 3.82. The average molecular weight is 148 g/mol. The Bertz CT molecular complexity index is 141. The number of carbonyl (C=O) groups excluding carboxylic acids is 1. The zero-order chi connectivity index (χ0) is 8.15. The second-order valence-electron chi connectivity index (χ2n) is 1.63. The monoisotopic (exact) mass is 148 g/mol. The largest absolute Gasteiger partial charge is 0.481 e. The minimum absolute atomic E-state index is 0.907. The van der Waals surface area contributed by atoms with Gasteiger partial charge < -0.3 is 5.11 Å². The molecule has 10 heavy (non-hydrogen) atoms. The maximum atomic E-state index is 10.5. The highest BCUT2D eigenvalue weighted by molar-refractivity contribution is 5.93. The predicted octanol–water partition coefficient (Wildman–Crippen LogP) is -0.188. The minimum Gasteiger partial charge on any atom is -0.481 e. The zero-order valence-corrected chi connectivity index (χ0v) is 5.66. The van der Waals surface area contributed by atoms with Gasteiger partial charge in [-0.3, -0.25) is 9.68 Å². The van der Waals surface area contributed by atoms with Crippen LogP contribution in [0.4, 0.5) is 0 Å². The molecule has 0 rings (SSSR count). The van der Waals surface area contributed by atoms with Crippen molar-refractivity contribution in [1.29, 1.82) is 0 Å². The predicted molar refractivity (Wildman–Crippen MR) is 29.9 cm³/mol. The molecule has 5 heteroatoms. The van der Waals surface area contributed by atoms with E-state index in [1.54, 1.807) is 0 Å². The van der Waals surface area contributed by atoms with Crippen molar-refractivity contribution < 1.29 is 24.5 Å². The van der Waals surface area contributed by atoms with E-state index in [0.717, 1.165) is 7.11 Å². The van der Waals surface area contributed by atoms with E-state index < -0.39 is 17.9 Å². The lowest BCUT2D eigenvalue weighted by Gasteiger charge is -2.01. The molecular weight excluding hydrogens is 140 g/mol. The molecule has 1 unspecified atom stereocenters. The van der Waals surface area contributed by atoms with Gasteiger partial charge in [-0.25, -0.2) is 4.79 Å². The van der Waals surface area contributed by atoms with Gasteiger partial charge in [-0.1, -0.05) is 0 Å². The molecule has 0 aromatic carbocycles. The third kappa shape index (κ3) is 2.45. The van der Waals surface area contributed by atoms with Gasteiger partial charge in [0.2, 0.25) is 0 Å². The highest BCUT2D eigenvalue weighted by Gasteiger charge is 2.22. The fourth-order valence-corrected chi connectivity index (χ4v) is 0.255. The van der Waals surface area contributed by atoms with Crippen molar-refractivity contribution in [2.75, 3.05) is 7.11 Å². The van der Waals surface area contributed by atoms with Gasteiger partial charge in [-0.05, 0) is 6.92 Å². The molecule has 0 radical (unpaired) electrons. The number of carboxylic acid groups (broad SMARTS) is 1. The molecule has 0 heterocycles. The number of hydrogen-bond donors (Lipinski definition) is 1. The second kappa shape index (κ2) is 3.84. The molecule has 5 nitrogen and oxygen atoms in total. The summed E-state index contributed by atoms with van der Waals surface area (Å²) in [6.07, 6.45) is 0. The van der Waals surface area contributed by atoms with E-state index in [1.807, 2.05) is 0 Å². The molecule has 0 aliphatic carbocycles. The Morgan fingerprint density at radius 1 is 1.50 bits per heavy atom. The number of rotatable bonds is 3. The van der Waals surface area contributed by atoms with Crippen molar-refractivity contribution in [3.05, 3.63) is 0 Å². The number of hydrogen-bond acceptors (Lipinski definition) is 4. The summed E-state index contributed by atoms with van der Waals surface area (Å²) in [6, 6.07) is 0. The normalized spacial score (nSPS) is 12.2. The first-order valence-electron chi connectivity index (χ1n) is 2.57. The van der Waals surface area contributed by atoms with Gasteiger partial charge in [0.05, 0.1) is 7.11 Å². The third-order valence-corrected chi connectivity index (χ3v) is 0.889. The Morgan fingerprint density at radius 3 is 2.30 bits per heavy atom. The third-order valence-electron chi connectivity index (χ3n) is 0.889. The molecule has 1 N–H and O–H groups in total. The summed E-state index contributed by atoms with van der Waals surface area (Å²) in [7, 11) is 1.13. The average Bonchev–Trinajstić information content (AvgIpc) is 1.87. The molecule has 0 bridgehead atoms. The molecule has 0 fully saturated rings. The Kier molecular flexibility index (Phi) is 3.42. The first-order valence-corrected chi connectivity index (χ1v) is 2.57. The van der Waals surface area contributed by atoms with Crippen LogP contribution in [0.5, 0.6) is 0 Å². The summed E-state index contributed by atoms with van der Waals surface area (Å²) in [5.41, 5.74) is 0. The smallest absolute Gasteiger partial charge is 0.356 e. The molecule has 1 atom stereocenters. The topological polar surface area (TPSA) is 72.8 Å². The van der Waals surface area contributed by atoms with E-state index in [1.165, 1.54) is 6.92 Å². The molecule has 0 saturated carbocycles. The van der Waals surface area contributed by atoms with E-state index in [2.05, 4.69) is 9.78 Å². The fourth-order valence-electron chi connectivity index (χ4n) is 0.255. The van der Waals surface area contributed by atoms with Crippen LogP contribution in [0.1, 0.15) is 6.92 Å². The summed E-state index contributed by atoms with van der Waals surface area (Å²) < 4.78 is 0. The maximum absolute atomic E-state index is 10.5. The number of carbonyl (C=O) groups is 2. The molecule has 0 amide bonds. The maximum Gasteiger partial charge on any atom is 0.356 e. The van der Waals surface area contributed by atoms with E-state index >= 15 is 0 Å².